The van der Waals surface area contributed by atoms with E-state index in [2.05, 4.69) is 20.8 Å². The molecule has 82 valence electrons. The van der Waals surface area contributed by atoms with E-state index in [0.29, 0.717) is 5.92 Å². The maximum Gasteiger partial charge on any atom is 0.0621 e. The third-order valence-electron chi connectivity index (χ3n) is 4.92. The fourth-order valence-electron chi connectivity index (χ4n) is 3.86. The fraction of sp³-hybridized carbons (Fsp3) is 1.00. The SMILES string of the molecule is CC1(C)CC[C@H](O)[C@@]2(C)C(O)CCC12. The van der Waals surface area contributed by atoms with E-state index < -0.39 is 0 Å². The number of aliphatic hydroxyl groups is 2. The Balaban J connectivity index is 2.35. The van der Waals surface area contributed by atoms with Gasteiger partial charge in [0.05, 0.1) is 12.2 Å². The van der Waals surface area contributed by atoms with Crippen LogP contribution in [-0.4, -0.2) is 22.4 Å². The summed E-state index contributed by atoms with van der Waals surface area (Å²) in [4.78, 5) is 0. The molecule has 0 radical (unpaired) electrons. The van der Waals surface area contributed by atoms with Crippen LogP contribution in [0.25, 0.3) is 0 Å². The molecule has 0 aliphatic heterocycles. The third kappa shape index (κ3) is 1.17. The molecule has 2 fully saturated rings. The van der Waals surface area contributed by atoms with Crippen LogP contribution in [0.3, 0.4) is 0 Å². The molecular weight excluding hydrogens is 176 g/mol. The first-order valence-electron chi connectivity index (χ1n) is 5.75. The van der Waals surface area contributed by atoms with Gasteiger partial charge in [-0.05, 0) is 37.0 Å². The van der Waals surface area contributed by atoms with Gasteiger partial charge < -0.3 is 10.2 Å². The predicted molar refractivity (Wildman–Crippen MR) is 55.9 cm³/mol. The zero-order valence-corrected chi connectivity index (χ0v) is 9.45. The molecule has 0 spiro atoms. The van der Waals surface area contributed by atoms with Gasteiger partial charge in [0.15, 0.2) is 0 Å². The van der Waals surface area contributed by atoms with Gasteiger partial charge in [0.2, 0.25) is 0 Å². The monoisotopic (exact) mass is 198 g/mol. The maximum atomic E-state index is 10.1. The highest BCUT2D eigenvalue weighted by Crippen LogP contribution is 2.59. The molecule has 0 amide bonds. The summed E-state index contributed by atoms with van der Waals surface area (Å²) in [5.74, 6) is 0.480. The molecule has 0 aromatic rings. The first-order chi connectivity index (χ1) is 6.39. The van der Waals surface area contributed by atoms with Gasteiger partial charge in [0.25, 0.3) is 0 Å². The molecule has 2 aliphatic rings. The van der Waals surface area contributed by atoms with Crippen LogP contribution >= 0.6 is 0 Å². The second kappa shape index (κ2) is 2.96. The lowest BCUT2D eigenvalue weighted by molar-refractivity contribution is -0.125. The highest BCUT2D eigenvalue weighted by atomic mass is 16.3. The zero-order chi connectivity index (χ0) is 10.6. The zero-order valence-electron chi connectivity index (χ0n) is 9.45. The standard InChI is InChI=1S/C12H22O2/c1-11(2)7-6-10(14)12(3)8(11)4-5-9(12)13/h8-10,13-14H,4-7H2,1-3H3/t8?,9?,10-,12+/m0/s1. The van der Waals surface area contributed by atoms with E-state index >= 15 is 0 Å². The van der Waals surface area contributed by atoms with E-state index in [0.717, 1.165) is 25.7 Å². The molecule has 2 unspecified atom stereocenters. The fourth-order valence-corrected chi connectivity index (χ4v) is 3.86. The molecule has 0 bridgehead atoms. The molecule has 4 atom stereocenters. The molecule has 2 saturated carbocycles. The molecule has 0 aromatic heterocycles. The number of aliphatic hydroxyl groups excluding tert-OH is 2. The van der Waals surface area contributed by atoms with Crippen molar-refractivity contribution < 1.29 is 10.2 Å². The van der Waals surface area contributed by atoms with Crippen LogP contribution in [0.2, 0.25) is 0 Å². The van der Waals surface area contributed by atoms with E-state index in [9.17, 15) is 10.2 Å². The quantitative estimate of drug-likeness (QED) is 0.624. The van der Waals surface area contributed by atoms with E-state index in [1.807, 2.05) is 0 Å². The molecule has 2 aliphatic carbocycles. The number of rotatable bonds is 0. The Morgan fingerprint density at radius 2 is 1.50 bits per heavy atom. The Morgan fingerprint density at radius 3 is 2.07 bits per heavy atom. The summed E-state index contributed by atoms with van der Waals surface area (Å²) in [6, 6.07) is 0. The molecule has 2 nitrogen and oxygen atoms in total. The first kappa shape index (κ1) is 10.4. The first-order valence-corrected chi connectivity index (χ1v) is 5.75. The number of hydrogen-bond acceptors (Lipinski definition) is 2. The van der Waals surface area contributed by atoms with E-state index in [1.165, 1.54) is 0 Å². The van der Waals surface area contributed by atoms with Crippen molar-refractivity contribution >= 4 is 0 Å². The van der Waals surface area contributed by atoms with Crippen LogP contribution in [0.5, 0.6) is 0 Å². The molecule has 2 rings (SSSR count). The molecule has 0 saturated heterocycles. The third-order valence-corrected chi connectivity index (χ3v) is 4.92. The van der Waals surface area contributed by atoms with Crippen molar-refractivity contribution in [3.8, 4) is 0 Å². The van der Waals surface area contributed by atoms with Crippen LogP contribution in [0.1, 0.15) is 46.5 Å². The minimum Gasteiger partial charge on any atom is -0.392 e. The van der Waals surface area contributed by atoms with E-state index in [4.69, 9.17) is 0 Å². The van der Waals surface area contributed by atoms with E-state index in [1.54, 1.807) is 0 Å². The van der Waals surface area contributed by atoms with Crippen molar-refractivity contribution in [2.45, 2.75) is 58.7 Å². The van der Waals surface area contributed by atoms with Gasteiger partial charge in [0.1, 0.15) is 0 Å². The van der Waals surface area contributed by atoms with Gasteiger partial charge in [-0.15, -0.1) is 0 Å². The average molecular weight is 198 g/mol. The Morgan fingerprint density at radius 1 is 0.929 bits per heavy atom. The van der Waals surface area contributed by atoms with Crippen molar-refractivity contribution in [3.63, 3.8) is 0 Å². The van der Waals surface area contributed by atoms with Crippen LogP contribution in [0.4, 0.5) is 0 Å². The van der Waals surface area contributed by atoms with Crippen molar-refractivity contribution in [1.82, 2.24) is 0 Å². The largest absolute Gasteiger partial charge is 0.392 e. The van der Waals surface area contributed by atoms with Gasteiger partial charge in [-0.1, -0.05) is 20.8 Å². The highest BCUT2D eigenvalue weighted by Gasteiger charge is 2.57. The normalized spacial score (nSPS) is 51.6. The Labute approximate surface area is 86.3 Å². The molecule has 14 heavy (non-hydrogen) atoms. The molecule has 2 heteroatoms. The van der Waals surface area contributed by atoms with Crippen LogP contribution in [0.15, 0.2) is 0 Å². The highest BCUT2D eigenvalue weighted by molar-refractivity contribution is 5.07. The van der Waals surface area contributed by atoms with Gasteiger partial charge in [0, 0.05) is 5.41 Å². The second-order valence-electron chi connectivity index (χ2n) is 6.05. The second-order valence-corrected chi connectivity index (χ2v) is 6.05. The smallest absolute Gasteiger partial charge is 0.0621 e. The predicted octanol–water partition coefficient (Wildman–Crippen LogP) is 1.94. The lowest BCUT2D eigenvalue weighted by Gasteiger charge is -2.51. The van der Waals surface area contributed by atoms with Crippen molar-refractivity contribution in [2.75, 3.05) is 0 Å². The summed E-state index contributed by atoms with van der Waals surface area (Å²) in [5.41, 5.74) is 0.0349. The van der Waals surface area contributed by atoms with Crippen LogP contribution in [0, 0.1) is 16.7 Å². The van der Waals surface area contributed by atoms with Crippen molar-refractivity contribution in [3.05, 3.63) is 0 Å². The van der Waals surface area contributed by atoms with Gasteiger partial charge in [-0.25, -0.2) is 0 Å². The molecule has 0 aromatic carbocycles. The minimum absolute atomic E-state index is 0.248. The molecular formula is C12H22O2. The molecule has 0 heterocycles. The summed E-state index contributed by atoms with van der Waals surface area (Å²) in [6.07, 6.45) is 3.25. The van der Waals surface area contributed by atoms with Crippen molar-refractivity contribution in [1.29, 1.82) is 0 Å². The minimum atomic E-state index is -0.307. The summed E-state index contributed by atoms with van der Waals surface area (Å²) >= 11 is 0. The van der Waals surface area contributed by atoms with Gasteiger partial charge in [-0.3, -0.25) is 0 Å². The summed E-state index contributed by atoms with van der Waals surface area (Å²) in [6.45, 7) is 6.63. The Kier molecular flexibility index (Phi) is 2.20. The molecule has 2 N–H and O–H groups in total. The number of hydrogen-bond donors (Lipinski definition) is 2. The lowest BCUT2D eigenvalue weighted by Crippen LogP contribution is -2.52. The summed E-state index contributed by atoms with van der Waals surface area (Å²) in [5, 5.41) is 20.1. The lowest BCUT2D eigenvalue weighted by atomic mass is 9.56. The summed E-state index contributed by atoms with van der Waals surface area (Å²) in [7, 11) is 0. The van der Waals surface area contributed by atoms with E-state index in [-0.39, 0.29) is 23.0 Å². The van der Waals surface area contributed by atoms with Crippen molar-refractivity contribution in [2.24, 2.45) is 16.7 Å². The number of fused-ring (bicyclic) bond motifs is 1. The Hall–Kier alpha value is -0.0800. The van der Waals surface area contributed by atoms with Crippen LogP contribution < -0.4 is 0 Å². The average Bonchev–Trinajstić information content (AvgIpc) is 2.40. The van der Waals surface area contributed by atoms with Crippen LogP contribution in [-0.2, 0) is 0 Å². The van der Waals surface area contributed by atoms with Gasteiger partial charge in [-0.2, -0.15) is 0 Å². The topological polar surface area (TPSA) is 40.5 Å². The maximum absolute atomic E-state index is 10.1. The van der Waals surface area contributed by atoms with Gasteiger partial charge >= 0.3 is 0 Å². The summed E-state index contributed by atoms with van der Waals surface area (Å²) < 4.78 is 0. The Bertz CT molecular complexity index is 236.